The lowest BCUT2D eigenvalue weighted by Crippen LogP contribution is -2.31. The molecule has 1 aliphatic rings. The molecule has 0 unspecified atom stereocenters. The van der Waals surface area contributed by atoms with Crippen molar-refractivity contribution in [2.45, 2.75) is 18.9 Å². The largest absolute Gasteiger partial charge is 0.358 e. The standard InChI is InChI=1S/C11H12BrN5O/c12-8-6-17-4-3-13-11(17)10(16-8)14-5-9(18)15-7-1-2-7/h3-4,6-7H,1-2,5H2,(H,14,16)(H,15,18). The van der Waals surface area contributed by atoms with Gasteiger partial charge in [0.2, 0.25) is 5.91 Å². The Labute approximate surface area is 112 Å². The van der Waals surface area contributed by atoms with Crippen LogP contribution in [0.1, 0.15) is 12.8 Å². The number of carbonyl (C=O) groups excluding carboxylic acids is 1. The van der Waals surface area contributed by atoms with Crippen LogP contribution in [0.2, 0.25) is 0 Å². The molecule has 1 fully saturated rings. The van der Waals surface area contributed by atoms with Crippen molar-refractivity contribution < 1.29 is 4.79 Å². The zero-order valence-electron chi connectivity index (χ0n) is 9.56. The van der Waals surface area contributed by atoms with Crippen molar-refractivity contribution in [1.29, 1.82) is 0 Å². The predicted octanol–water partition coefficient (Wildman–Crippen LogP) is 1.18. The van der Waals surface area contributed by atoms with Gasteiger partial charge in [-0.1, -0.05) is 0 Å². The Kier molecular flexibility index (Phi) is 2.91. The molecule has 0 bridgehead atoms. The van der Waals surface area contributed by atoms with Crippen LogP contribution in [0.25, 0.3) is 5.65 Å². The van der Waals surface area contributed by atoms with E-state index >= 15 is 0 Å². The summed E-state index contributed by atoms with van der Waals surface area (Å²) < 4.78 is 2.54. The molecule has 2 N–H and O–H groups in total. The molecule has 94 valence electrons. The molecule has 6 nitrogen and oxygen atoms in total. The van der Waals surface area contributed by atoms with Crippen LogP contribution in [0.15, 0.2) is 23.2 Å². The molecule has 0 atom stereocenters. The Balaban J connectivity index is 1.72. The molecular formula is C11H12BrN5O. The average molecular weight is 310 g/mol. The number of imidazole rings is 1. The summed E-state index contributed by atoms with van der Waals surface area (Å²) in [7, 11) is 0. The number of halogens is 1. The monoisotopic (exact) mass is 309 g/mol. The molecule has 0 aromatic carbocycles. The minimum atomic E-state index is -0.0102. The van der Waals surface area contributed by atoms with Crippen LogP contribution in [0.4, 0.5) is 5.82 Å². The van der Waals surface area contributed by atoms with Gasteiger partial charge in [0.15, 0.2) is 11.5 Å². The highest BCUT2D eigenvalue weighted by atomic mass is 79.9. The maximum Gasteiger partial charge on any atom is 0.239 e. The second kappa shape index (κ2) is 4.56. The number of rotatable bonds is 4. The molecule has 0 spiro atoms. The summed E-state index contributed by atoms with van der Waals surface area (Å²) in [6, 6.07) is 0.376. The van der Waals surface area contributed by atoms with E-state index in [9.17, 15) is 4.79 Å². The van der Waals surface area contributed by atoms with Crippen molar-refractivity contribution in [3.05, 3.63) is 23.2 Å². The van der Waals surface area contributed by atoms with Crippen molar-refractivity contribution in [3.8, 4) is 0 Å². The highest BCUT2D eigenvalue weighted by Gasteiger charge is 2.23. The zero-order chi connectivity index (χ0) is 12.5. The Morgan fingerprint density at radius 3 is 3.17 bits per heavy atom. The number of carbonyl (C=O) groups is 1. The fourth-order valence-corrected chi connectivity index (χ4v) is 2.09. The van der Waals surface area contributed by atoms with E-state index in [-0.39, 0.29) is 12.5 Å². The van der Waals surface area contributed by atoms with E-state index in [4.69, 9.17) is 0 Å². The third-order valence-corrected chi connectivity index (χ3v) is 3.09. The molecule has 0 saturated heterocycles. The number of hydrogen-bond acceptors (Lipinski definition) is 4. The van der Waals surface area contributed by atoms with Gasteiger partial charge in [0, 0.05) is 24.6 Å². The minimum Gasteiger partial charge on any atom is -0.358 e. The molecule has 2 aromatic rings. The number of hydrogen-bond donors (Lipinski definition) is 2. The molecule has 18 heavy (non-hydrogen) atoms. The molecular weight excluding hydrogens is 298 g/mol. The smallest absolute Gasteiger partial charge is 0.239 e. The van der Waals surface area contributed by atoms with Gasteiger partial charge in [-0.05, 0) is 28.8 Å². The summed E-state index contributed by atoms with van der Waals surface area (Å²) in [5.41, 5.74) is 0.706. The van der Waals surface area contributed by atoms with Crippen LogP contribution in [-0.2, 0) is 4.79 Å². The number of amides is 1. The average Bonchev–Trinajstić information content (AvgIpc) is 3.01. The highest BCUT2D eigenvalue weighted by molar-refractivity contribution is 9.10. The molecule has 1 amide bonds. The van der Waals surface area contributed by atoms with E-state index in [0.717, 1.165) is 12.8 Å². The summed E-state index contributed by atoms with van der Waals surface area (Å²) in [5, 5.41) is 5.92. The van der Waals surface area contributed by atoms with Crippen molar-refractivity contribution >= 4 is 33.3 Å². The van der Waals surface area contributed by atoms with Gasteiger partial charge in [0.1, 0.15) is 4.60 Å². The summed E-state index contributed by atoms with van der Waals surface area (Å²) in [5.74, 6) is 0.587. The van der Waals surface area contributed by atoms with Gasteiger partial charge in [-0.3, -0.25) is 4.79 Å². The summed E-state index contributed by atoms with van der Waals surface area (Å²) in [6.45, 7) is 0.211. The molecule has 2 aromatic heterocycles. The Morgan fingerprint density at radius 1 is 1.56 bits per heavy atom. The van der Waals surface area contributed by atoms with Gasteiger partial charge in [0.25, 0.3) is 0 Å². The summed E-state index contributed by atoms with van der Waals surface area (Å²) >= 11 is 3.33. The van der Waals surface area contributed by atoms with Gasteiger partial charge >= 0.3 is 0 Å². The second-order valence-corrected chi connectivity index (χ2v) is 5.08. The van der Waals surface area contributed by atoms with Crippen LogP contribution >= 0.6 is 15.9 Å². The van der Waals surface area contributed by atoms with Crippen molar-refractivity contribution in [1.82, 2.24) is 19.7 Å². The summed E-state index contributed by atoms with van der Waals surface area (Å²) in [6.07, 6.45) is 7.52. The third kappa shape index (κ3) is 2.45. The SMILES string of the molecule is O=C(CNc1nc(Br)cn2ccnc12)NC1CC1. The van der Waals surface area contributed by atoms with E-state index in [1.807, 2.05) is 16.8 Å². The van der Waals surface area contributed by atoms with E-state index in [0.29, 0.717) is 22.1 Å². The maximum atomic E-state index is 11.6. The number of anilines is 1. The Morgan fingerprint density at radius 2 is 2.39 bits per heavy atom. The molecule has 1 saturated carbocycles. The fourth-order valence-electron chi connectivity index (χ4n) is 1.69. The molecule has 0 aliphatic heterocycles. The first-order chi connectivity index (χ1) is 8.72. The summed E-state index contributed by atoms with van der Waals surface area (Å²) in [4.78, 5) is 20.1. The van der Waals surface area contributed by atoms with Crippen LogP contribution in [0.3, 0.4) is 0 Å². The van der Waals surface area contributed by atoms with Crippen LogP contribution in [0.5, 0.6) is 0 Å². The van der Waals surface area contributed by atoms with Crippen LogP contribution in [0, 0.1) is 0 Å². The first-order valence-corrected chi connectivity index (χ1v) is 6.54. The predicted molar refractivity (Wildman–Crippen MR) is 70.3 cm³/mol. The first kappa shape index (κ1) is 11.5. The zero-order valence-corrected chi connectivity index (χ0v) is 11.1. The quantitative estimate of drug-likeness (QED) is 0.890. The Bertz CT molecular complexity index is 592. The minimum absolute atomic E-state index is 0.0102. The van der Waals surface area contributed by atoms with Gasteiger partial charge < -0.3 is 15.0 Å². The lowest BCUT2D eigenvalue weighted by molar-refractivity contribution is -0.119. The first-order valence-electron chi connectivity index (χ1n) is 5.75. The topological polar surface area (TPSA) is 71.3 Å². The fraction of sp³-hybridized carbons (Fsp3) is 0.364. The number of nitrogens with zero attached hydrogens (tertiary/aromatic N) is 3. The highest BCUT2D eigenvalue weighted by Crippen LogP contribution is 2.19. The normalized spacial score (nSPS) is 14.7. The molecule has 7 heteroatoms. The second-order valence-electron chi connectivity index (χ2n) is 4.27. The lowest BCUT2D eigenvalue weighted by Gasteiger charge is -2.07. The lowest BCUT2D eigenvalue weighted by atomic mass is 10.5. The van der Waals surface area contributed by atoms with E-state index in [1.165, 1.54) is 0 Å². The van der Waals surface area contributed by atoms with Crippen LogP contribution in [-0.4, -0.2) is 32.9 Å². The van der Waals surface area contributed by atoms with Crippen molar-refractivity contribution in [2.24, 2.45) is 0 Å². The molecule has 3 rings (SSSR count). The number of fused-ring (bicyclic) bond motifs is 1. The van der Waals surface area contributed by atoms with Crippen LogP contribution < -0.4 is 10.6 Å². The van der Waals surface area contributed by atoms with Gasteiger partial charge in [0.05, 0.1) is 6.54 Å². The Hall–Kier alpha value is -1.63. The van der Waals surface area contributed by atoms with Gasteiger partial charge in [-0.15, -0.1) is 0 Å². The molecule has 2 heterocycles. The van der Waals surface area contributed by atoms with E-state index in [1.54, 1.807) is 6.20 Å². The van der Waals surface area contributed by atoms with Gasteiger partial charge in [-0.25, -0.2) is 9.97 Å². The molecule has 1 aliphatic carbocycles. The van der Waals surface area contributed by atoms with Crippen molar-refractivity contribution in [3.63, 3.8) is 0 Å². The van der Waals surface area contributed by atoms with E-state index in [2.05, 4.69) is 36.5 Å². The molecule has 0 radical (unpaired) electrons. The van der Waals surface area contributed by atoms with Gasteiger partial charge in [-0.2, -0.15) is 0 Å². The van der Waals surface area contributed by atoms with E-state index < -0.39 is 0 Å². The maximum absolute atomic E-state index is 11.6. The number of aromatic nitrogens is 3. The van der Waals surface area contributed by atoms with Crippen molar-refractivity contribution in [2.75, 3.05) is 11.9 Å². The number of nitrogens with one attached hydrogen (secondary N) is 2. The third-order valence-electron chi connectivity index (χ3n) is 2.70.